The molecule has 0 spiro atoms. The van der Waals surface area contributed by atoms with Crippen LogP contribution in [0.2, 0.25) is 0 Å². The largest absolute Gasteiger partial charge is 0.631 e. The van der Waals surface area contributed by atoms with Gasteiger partial charge in [0.1, 0.15) is 0 Å². The highest BCUT2D eigenvalue weighted by molar-refractivity contribution is 7.46. The van der Waals surface area contributed by atoms with Gasteiger partial charge in [-0.05, 0) is 0 Å². The highest BCUT2D eigenvalue weighted by Gasteiger charge is 2.49. The molecule has 0 bridgehead atoms. The molecule has 0 saturated carbocycles. The van der Waals surface area contributed by atoms with E-state index < -0.39 is 51.5 Å². The zero-order valence-electron chi connectivity index (χ0n) is 10.1. The van der Waals surface area contributed by atoms with Crippen LogP contribution in [0.15, 0.2) is 0 Å². The SMILES string of the molecule is O=C(O)CC(CC(=O)O)(OP(=O)(O)O)C(=O)O.OB(O)O. The quantitative estimate of drug-likeness (QED) is 0.169. The van der Waals surface area contributed by atoms with Crippen LogP contribution in [0.5, 0.6) is 0 Å². The molecule has 0 aliphatic heterocycles. The average Bonchev–Trinajstić information content (AvgIpc) is 2.09. The predicted molar refractivity (Wildman–Crippen MR) is 60.4 cm³/mol. The van der Waals surface area contributed by atoms with Crippen LogP contribution in [0.4, 0.5) is 0 Å². The van der Waals surface area contributed by atoms with E-state index >= 15 is 0 Å². The van der Waals surface area contributed by atoms with Gasteiger partial charge in [-0.2, -0.15) is 0 Å². The van der Waals surface area contributed by atoms with Crippen molar-refractivity contribution < 1.29 is 63.7 Å². The average molecular weight is 334 g/mol. The molecule has 0 fully saturated rings. The van der Waals surface area contributed by atoms with Crippen LogP contribution < -0.4 is 0 Å². The third kappa shape index (κ3) is 12.0. The Labute approximate surface area is 116 Å². The maximum Gasteiger partial charge on any atom is 0.631 e. The van der Waals surface area contributed by atoms with Crippen molar-refractivity contribution in [3.8, 4) is 0 Å². The second-order valence-electron chi connectivity index (χ2n) is 3.37. The van der Waals surface area contributed by atoms with E-state index in [1.165, 1.54) is 0 Å². The number of carboxylic acid groups (broad SMARTS) is 3. The first-order chi connectivity index (χ1) is 9.22. The zero-order valence-corrected chi connectivity index (χ0v) is 11.0. The molecule has 21 heavy (non-hydrogen) atoms. The molecular formula is C6H12BO13P. The number of hydrogen-bond donors (Lipinski definition) is 8. The Bertz CT molecular complexity index is 408. The van der Waals surface area contributed by atoms with Gasteiger partial charge in [0.15, 0.2) is 5.60 Å². The van der Waals surface area contributed by atoms with Crippen molar-refractivity contribution >= 4 is 33.1 Å². The molecule has 0 aliphatic rings. The van der Waals surface area contributed by atoms with Gasteiger partial charge in [0.05, 0.1) is 12.8 Å². The second-order valence-corrected chi connectivity index (χ2v) is 4.53. The molecule has 15 heteroatoms. The van der Waals surface area contributed by atoms with Crippen LogP contribution in [-0.4, -0.2) is 71.0 Å². The molecule has 0 aromatic carbocycles. The smallest absolute Gasteiger partial charge is 0.481 e. The molecular weight excluding hydrogens is 322 g/mol. The van der Waals surface area contributed by atoms with Crippen molar-refractivity contribution in [3.05, 3.63) is 0 Å². The summed E-state index contributed by atoms with van der Waals surface area (Å²) in [5.74, 6) is -5.64. The Morgan fingerprint density at radius 3 is 1.38 bits per heavy atom. The number of phosphoric acid groups is 1. The third-order valence-electron chi connectivity index (χ3n) is 1.56. The molecule has 0 amide bonds. The Morgan fingerprint density at radius 1 is 0.952 bits per heavy atom. The monoisotopic (exact) mass is 334 g/mol. The van der Waals surface area contributed by atoms with Crippen LogP contribution in [0.25, 0.3) is 0 Å². The molecule has 122 valence electrons. The first kappa shape index (κ1) is 21.8. The first-order valence-electron chi connectivity index (χ1n) is 4.69. The number of aliphatic carboxylic acids is 3. The highest BCUT2D eigenvalue weighted by Crippen LogP contribution is 2.44. The lowest BCUT2D eigenvalue weighted by Gasteiger charge is -2.26. The van der Waals surface area contributed by atoms with Crippen molar-refractivity contribution in [3.63, 3.8) is 0 Å². The van der Waals surface area contributed by atoms with Crippen LogP contribution in [0.1, 0.15) is 12.8 Å². The fourth-order valence-electron chi connectivity index (χ4n) is 1.03. The van der Waals surface area contributed by atoms with Gasteiger partial charge in [-0.3, -0.25) is 14.1 Å². The minimum Gasteiger partial charge on any atom is -0.481 e. The van der Waals surface area contributed by atoms with Gasteiger partial charge in [0.2, 0.25) is 0 Å². The van der Waals surface area contributed by atoms with Crippen molar-refractivity contribution in [2.75, 3.05) is 0 Å². The molecule has 0 radical (unpaired) electrons. The summed E-state index contributed by atoms with van der Waals surface area (Å²) in [6, 6.07) is 0. The minimum atomic E-state index is -5.36. The van der Waals surface area contributed by atoms with Crippen LogP contribution in [0.3, 0.4) is 0 Å². The van der Waals surface area contributed by atoms with E-state index in [-0.39, 0.29) is 0 Å². The Morgan fingerprint density at radius 2 is 1.24 bits per heavy atom. The molecule has 8 N–H and O–H groups in total. The summed E-state index contributed by atoms with van der Waals surface area (Å²) in [5.41, 5.74) is -3.02. The topological polar surface area (TPSA) is 239 Å². The highest BCUT2D eigenvalue weighted by atomic mass is 31.2. The Balaban J connectivity index is 0. The lowest BCUT2D eigenvalue weighted by atomic mass is 9.96. The van der Waals surface area contributed by atoms with Gasteiger partial charge < -0.3 is 40.2 Å². The van der Waals surface area contributed by atoms with Gasteiger partial charge >= 0.3 is 33.1 Å². The van der Waals surface area contributed by atoms with E-state index in [0.717, 1.165) is 0 Å². The molecule has 0 aromatic heterocycles. The molecule has 0 aromatic rings. The van der Waals surface area contributed by atoms with Crippen molar-refractivity contribution in [1.82, 2.24) is 0 Å². The van der Waals surface area contributed by atoms with E-state index in [4.69, 9.17) is 40.2 Å². The number of carboxylic acids is 3. The van der Waals surface area contributed by atoms with E-state index in [9.17, 15) is 18.9 Å². The standard InChI is InChI=1S/C6H9O10P.BH3O3/c7-3(8)1-6(5(11)12,2-4(9)10)16-17(13,14)15;2-1(3)4/h1-2H2,(H,7,8)(H,9,10)(H,11,12)(H2,13,14,15);2-4H. The summed E-state index contributed by atoms with van der Waals surface area (Å²) < 4.78 is 14.4. The summed E-state index contributed by atoms with van der Waals surface area (Å²) >= 11 is 0. The van der Waals surface area contributed by atoms with Crippen molar-refractivity contribution in [2.24, 2.45) is 0 Å². The van der Waals surface area contributed by atoms with Gasteiger partial charge in [0, 0.05) is 0 Å². The lowest BCUT2D eigenvalue weighted by molar-refractivity contribution is -0.168. The molecule has 0 heterocycles. The molecule has 13 nitrogen and oxygen atoms in total. The van der Waals surface area contributed by atoms with Crippen molar-refractivity contribution in [2.45, 2.75) is 18.4 Å². The molecule has 0 rings (SSSR count). The van der Waals surface area contributed by atoms with Crippen LogP contribution >= 0.6 is 7.82 Å². The maximum absolute atomic E-state index is 10.8. The Kier molecular flexibility index (Phi) is 9.00. The zero-order chi connectivity index (χ0) is 17.4. The lowest BCUT2D eigenvalue weighted by Crippen LogP contribution is -2.44. The van der Waals surface area contributed by atoms with E-state index in [0.29, 0.717) is 0 Å². The fraction of sp³-hybridized carbons (Fsp3) is 0.500. The number of carbonyl (C=O) groups is 3. The van der Waals surface area contributed by atoms with Gasteiger partial charge in [-0.25, -0.2) is 9.36 Å². The summed E-state index contributed by atoms with van der Waals surface area (Å²) in [5, 5.41) is 47.0. The second kappa shape index (κ2) is 8.69. The molecule has 0 atom stereocenters. The minimum absolute atomic E-state index is 1.40. The van der Waals surface area contributed by atoms with E-state index in [1.54, 1.807) is 0 Å². The predicted octanol–water partition coefficient (Wildman–Crippen LogP) is -3.18. The summed E-state index contributed by atoms with van der Waals surface area (Å²) in [6.07, 6.45) is -2.81. The normalized spacial score (nSPS) is 11.1. The van der Waals surface area contributed by atoms with E-state index in [2.05, 4.69) is 4.52 Å². The fourth-order valence-corrected chi connectivity index (χ4v) is 1.70. The third-order valence-corrected chi connectivity index (χ3v) is 2.14. The van der Waals surface area contributed by atoms with Crippen LogP contribution in [0, 0.1) is 0 Å². The summed E-state index contributed by atoms with van der Waals surface area (Å²) in [4.78, 5) is 48.5. The summed E-state index contributed by atoms with van der Waals surface area (Å²) in [6.45, 7) is 0. The summed E-state index contributed by atoms with van der Waals surface area (Å²) in [7, 11) is -7.53. The van der Waals surface area contributed by atoms with Crippen LogP contribution in [-0.2, 0) is 23.5 Å². The molecule has 0 unspecified atom stereocenters. The van der Waals surface area contributed by atoms with Gasteiger partial charge in [-0.1, -0.05) is 0 Å². The number of hydrogen-bond acceptors (Lipinski definition) is 8. The Hall–Kier alpha value is -1.54. The van der Waals surface area contributed by atoms with Gasteiger partial charge in [0.25, 0.3) is 0 Å². The first-order valence-corrected chi connectivity index (χ1v) is 6.22. The molecule has 0 aliphatic carbocycles. The number of rotatable bonds is 7. The maximum atomic E-state index is 10.8. The number of phosphoric ester groups is 1. The van der Waals surface area contributed by atoms with Gasteiger partial charge in [-0.15, -0.1) is 0 Å². The molecule has 0 saturated heterocycles. The van der Waals surface area contributed by atoms with Crippen molar-refractivity contribution in [1.29, 1.82) is 0 Å². The van der Waals surface area contributed by atoms with E-state index in [1.807, 2.05) is 0 Å².